The van der Waals surface area contributed by atoms with Gasteiger partial charge in [-0.1, -0.05) is 6.92 Å². The summed E-state index contributed by atoms with van der Waals surface area (Å²) in [6.07, 6.45) is 1.36. The lowest BCUT2D eigenvalue weighted by Crippen LogP contribution is -2.23. The van der Waals surface area contributed by atoms with E-state index in [1.54, 1.807) is 25.3 Å². The predicted molar refractivity (Wildman–Crippen MR) is 60.9 cm³/mol. The number of nitrogens with zero attached hydrogens (tertiary/aromatic N) is 2. The van der Waals surface area contributed by atoms with E-state index in [0.717, 1.165) is 4.47 Å². The number of aromatic nitrogens is 1. The third-order valence-electron chi connectivity index (χ3n) is 2.62. The van der Waals surface area contributed by atoms with Gasteiger partial charge in [0.1, 0.15) is 6.10 Å². The Kier molecular flexibility index (Phi) is 3.83. The molecule has 0 bridgehead atoms. The molecule has 0 aliphatic carbocycles. The van der Waals surface area contributed by atoms with Crippen molar-refractivity contribution in [1.29, 1.82) is 5.26 Å². The lowest BCUT2D eigenvalue weighted by molar-refractivity contribution is 0.0684. The van der Waals surface area contributed by atoms with Crippen molar-refractivity contribution in [2.45, 2.75) is 26.4 Å². The van der Waals surface area contributed by atoms with Crippen LogP contribution in [0.3, 0.4) is 0 Å². The summed E-state index contributed by atoms with van der Waals surface area (Å²) < 4.78 is 0.855. The average Bonchev–Trinajstić information content (AvgIpc) is 2.28. The third kappa shape index (κ3) is 2.55. The zero-order valence-electron chi connectivity index (χ0n) is 8.74. The van der Waals surface area contributed by atoms with Gasteiger partial charge in [0.15, 0.2) is 0 Å². The highest BCUT2D eigenvalue weighted by atomic mass is 79.9. The minimum absolute atomic E-state index is 0.532. The first-order valence-electron chi connectivity index (χ1n) is 4.74. The average molecular weight is 269 g/mol. The smallest absolute Gasteiger partial charge is 0.114 e. The SMILES string of the molecule is CCC(C)(C#N)C(O)c1ccc(Br)cn1. The van der Waals surface area contributed by atoms with E-state index >= 15 is 0 Å². The Morgan fingerprint density at radius 3 is 2.73 bits per heavy atom. The lowest BCUT2D eigenvalue weighted by atomic mass is 9.81. The van der Waals surface area contributed by atoms with Crippen molar-refractivity contribution in [2.75, 3.05) is 0 Å². The molecular formula is C11H13BrN2O. The summed E-state index contributed by atoms with van der Waals surface area (Å²) in [7, 11) is 0. The highest BCUT2D eigenvalue weighted by Crippen LogP contribution is 2.35. The summed E-state index contributed by atoms with van der Waals surface area (Å²) >= 11 is 3.27. The second-order valence-corrected chi connectivity index (χ2v) is 4.60. The Morgan fingerprint density at radius 1 is 1.67 bits per heavy atom. The van der Waals surface area contributed by atoms with Crippen molar-refractivity contribution in [3.8, 4) is 6.07 Å². The van der Waals surface area contributed by atoms with E-state index in [1.165, 1.54) is 0 Å². The number of aliphatic hydroxyl groups is 1. The summed E-state index contributed by atoms with van der Waals surface area (Å²) in [5.41, 5.74) is -0.245. The second kappa shape index (κ2) is 4.73. The molecule has 1 N–H and O–H groups in total. The Bertz CT molecular complexity index is 371. The maximum atomic E-state index is 10.0. The van der Waals surface area contributed by atoms with Crippen LogP contribution in [0.15, 0.2) is 22.8 Å². The minimum Gasteiger partial charge on any atom is -0.385 e. The van der Waals surface area contributed by atoms with Gasteiger partial charge in [0.25, 0.3) is 0 Å². The van der Waals surface area contributed by atoms with Gasteiger partial charge in [0.05, 0.1) is 17.2 Å². The van der Waals surface area contributed by atoms with E-state index in [-0.39, 0.29) is 0 Å². The monoisotopic (exact) mass is 268 g/mol. The van der Waals surface area contributed by atoms with Gasteiger partial charge < -0.3 is 5.11 Å². The number of hydrogen-bond donors (Lipinski definition) is 1. The van der Waals surface area contributed by atoms with Crippen molar-refractivity contribution >= 4 is 15.9 Å². The van der Waals surface area contributed by atoms with E-state index in [1.807, 2.05) is 6.92 Å². The van der Waals surface area contributed by atoms with E-state index in [0.29, 0.717) is 12.1 Å². The molecule has 0 saturated carbocycles. The molecule has 1 heterocycles. The standard InChI is InChI=1S/C11H13BrN2O/c1-3-11(2,7-13)10(15)9-5-4-8(12)6-14-9/h4-6,10,15H,3H2,1-2H3. The topological polar surface area (TPSA) is 56.9 Å². The van der Waals surface area contributed by atoms with Gasteiger partial charge in [0.2, 0.25) is 0 Å². The number of hydrogen-bond acceptors (Lipinski definition) is 3. The van der Waals surface area contributed by atoms with E-state index in [9.17, 15) is 5.11 Å². The highest BCUT2D eigenvalue weighted by molar-refractivity contribution is 9.10. The van der Waals surface area contributed by atoms with E-state index in [4.69, 9.17) is 5.26 Å². The first-order chi connectivity index (χ1) is 7.03. The fourth-order valence-electron chi connectivity index (χ4n) is 1.21. The second-order valence-electron chi connectivity index (χ2n) is 3.69. The first-order valence-corrected chi connectivity index (χ1v) is 5.53. The van der Waals surface area contributed by atoms with Gasteiger partial charge in [-0.15, -0.1) is 0 Å². The summed E-state index contributed by atoms with van der Waals surface area (Å²) in [6, 6.07) is 5.67. The molecule has 1 aromatic rings. The maximum absolute atomic E-state index is 10.0. The van der Waals surface area contributed by atoms with Gasteiger partial charge in [-0.05, 0) is 41.4 Å². The molecule has 0 amide bonds. The highest BCUT2D eigenvalue weighted by Gasteiger charge is 2.33. The Hall–Kier alpha value is -0.920. The van der Waals surface area contributed by atoms with E-state index < -0.39 is 11.5 Å². The zero-order chi connectivity index (χ0) is 11.5. The Morgan fingerprint density at radius 2 is 2.33 bits per heavy atom. The molecule has 4 heteroatoms. The van der Waals surface area contributed by atoms with Gasteiger partial charge in [-0.25, -0.2) is 0 Å². The number of nitriles is 1. The Labute approximate surface area is 97.9 Å². The predicted octanol–water partition coefficient (Wildman–Crippen LogP) is 2.82. The van der Waals surface area contributed by atoms with Gasteiger partial charge >= 0.3 is 0 Å². The van der Waals surface area contributed by atoms with Crippen molar-refractivity contribution < 1.29 is 5.11 Å². The molecule has 3 nitrogen and oxygen atoms in total. The number of halogens is 1. The van der Waals surface area contributed by atoms with Crippen LogP contribution in [-0.2, 0) is 0 Å². The molecule has 0 aliphatic heterocycles. The van der Waals surface area contributed by atoms with Crippen LogP contribution < -0.4 is 0 Å². The van der Waals surface area contributed by atoms with Gasteiger partial charge in [-0.3, -0.25) is 4.98 Å². The van der Waals surface area contributed by atoms with Crippen LogP contribution in [0, 0.1) is 16.7 Å². The molecule has 2 atom stereocenters. The molecule has 0 saturated heterocycles. The lowest BCUT2D eigenvalue weighted by Gasteiger charge is -2.25. The molecule has 0 fully saturated rings. The normalized spacial score (nSPS) is 16.5. The summed E-state index contributed by atoms with van der Waals surface area (Å²) in [5.74, 6) is 0. The minimum atomic E-state index is -0.847. The Balaban J connectivity index is 2.99. The van der Waals surface area contributed by atoms with Crippen molar-refractivity contribution in [3.05, 3.63) is 28.5 Å². The molecule has 15 heavy (non-hydrogen) atoms. The fraction of sp³-hybridized carbons (Fsp3) is 0.455. The molecular weight excluding hydrogens is 256 g/mol. The van der Waals surface area contributed by atoms with Crippen LogP contribution >= 0.6 is 15.9 Å². The molecule has 1 aromatic heterocycles. The zero-order valence-corrected chi connectivity index (χ0v) is 10.3. The molecule has 0 spiro atoms. The van der Waals surface area contributed by atoms with Crippen molar-refractivity contribution in [1.82, 2.24) is 4.98 Å². The molecule has 0 radical (unpaired) electrons. The molecule has 80 valence electrons. The summed E-state index contributed by atoms with van der Waals surface area (Å²) in [6.45, 7) is 3.62. The van der Waals surface area contributed by atoms with Crippen LogP contribution in [0.4, 0.5) is 0 Å². The van der Waals surface area contributed by atoms with E-state index in [2.05, 4.69) is 27.0 Å². The van der Waals surface area contributed by atoms with Crippen LogP contribution in [0.5, 0.6) is 0 Å². The quantitative estimate of drug-likeness (QED) is 0.917. The van der Waals surface area contributed by atoms with Crippen molar-refractivity contribution in [3.63, 3.8) is 0 Å². The molecule has 1 rings (SSSR count). The largest absolute Gasteiger partial charge is 0.385 e. The van der Waals surface area contributed by atoms with Crippen LogP contribution in [-0.4, -0.2) is 10.1 Å². The van der Waals surface area contributed by atoms with Crippen LogP contribution in [0.1, 0.15) is 32.1 Å². The van der Waals surface area contributed by atoms with Crippen LogP contribution in [0.2, 0.25) is 0 Å². The summed E-state index contributed by atoms with van der Waals surface area (Å²) in [4.78, 5) is 4.09. The molecule has 2 unspecified atom stereocenters. The molecule has 0 aliphatic rings. The third-order valence-corrected chi connectivity index (χ3v) is 3.09. The van der Waals surface area contributed by atoms with Gasteiger partial charge in [0, 0.05) is 10.7 Å². The first kappa shape index (κ1) is 12.2. The number of rotatable bonds is 3. The number of pyridine rings is 1. The molecule has 0 aromatic carbocycles. The maximum Gasteiger partial charge on any atom is 0.114 e. The van der Waals surface area contributed by atoms with Crippen LogP contribution in [0.25, 0.3) is 0 Å². The summed E-state index contributed by atoms with van der Waals surface area (Å²) in [5, 5.41) is 19.1. The van der Waals surface area contributed by atoms with Gasteiger partial charge in [-0.2, -0.15) is 5.26 Å². The fourth-order valence-corrected chi connectivity index (χ4v) is 1.44. The van der Waals surface area contributed by atoms with Crippen molar-refractivity contribution in [2.24, 2.45) is 5.41 Å². The number of aliphatic hydroxyl groups excluding tert-OH is 1.